The second-order valence-corrected chi connectivity index (χ2v) is 10.3. The molecule has 214 valence electrons. The number of amides is 2. The lowest BCUT2D eigenvalue weighted by atomic mass is 9.94. The van der Waals surface area contributed by atoms with E-state index in [9.17, 15) is 22.8 Å². The quantitative estimate of drug-likeness (QED) is 0.360. The summed E-state index contributed by atoms with van der Waals surface area (Å²) in [7, 11) is 0. The first-order valence-corrected chi connectivity index (χ1v) is 13.5. The van der Waals surface area contributed by atoms with Gasteiger partial charge >= 0.3 is 6.18 Å². The molecule has 1 aliphatic rings. The van der Waals surface area contributed by atoms with E-state index in [1.807, 2.05) is 67.6 Å². The SMILES string of the molecule is Cc1nsc2ccc(NC(=O)[C@H](Cc3ccccc3)N3CCc4cc(C[NH3+])ccc4C3=O)cc12.O=C([O-])C(F)(F)F. The van der Waals surface area contributed by atoms with Crippen LogP contribution in [0.4, 0.5) is 18.9 Å². The van der Waals surface area contributed by atoms with E-state index in [0.29, 0.717) is 30.8 Å². The molecule has 2 amide bonds. The summed E-state index contributed by atoms with van der Waals surface area (Å²) in [6.45, 7) is 3.16. The van der Waals surface area contributed by atoms with Crippen molar-refractivity contribution in [1.29, 1.82) is 0 Å². The second kappa shape index (κ2) is 12.5. The number of hydrogen-bond acceptors (Lipinski definition) is 6. The molecule has 4 N–H and O–H groups in total. The number of aliphatic carboxylic acids is 1. The predicted molar refractivity (Wildman–Crippen MR) is 146 cm³/mol. The fourth-order valence-corrected chi connectivity index (χ4v) is 5.32. The lowest BCUT2D eigenvalue weighted by molar-refractivity contribution is -0.386. The van der Waals surface area contributed by atoms with E-state index in [-0.39, 0.29) is 11.8 Å². The number of benzene rings is 3. The Morgan fingerprint density at radius 2 is 1.80 bits per heavy atom. The monoisotopic (exact) mass is 584 g/mol. The van der Waals surface area contributed by atoms with Crippen LogP contribution in [-0.2, 0) is 29.0 Å². The Kier molecular flexibility index (Phi) is 9.04. The number of carboxylic acids is 1. The molecular formula is C29H27F3N4O4S. The van der Waals surface area contributed by atoms with Crippen molar-refractivity contribution in [2.75, 3.05) is 11.9 Å². The summed E-state index contributed by atoms with van der Waals surface area (Å²) in [6.07, 6.45) is -4.02. The zero-order valence-corrected chi connectivity index (χ0v) is 22.8. The van der Waals surface area contributed by atoms with Crippen molar-refractivity contribution in [3.8, 4) is 0 Å². The summed E-state index contributed by atoms with van der Waals surface area (Å²) < 4.78 is 37.0. The number of hydrogen-bond donors (Lipinski definition) is 2. The van der Waals surface area contributed by atoms with Crippen LogP contribution < -0.4 is 16.2 Å². The highest BCUT2D eigenvalue weighted by atomic mass is 32.1. The predicted octanol–water partition coefficient (Wildman–Crippen LogP) is 2.89. The topological polar surface area (TPSA) is 130 Å². The highest BCUT2D eigenvalue weighted by Gasteiger charge is 2.34. The van der Waals surface area contributed by atoms with Gasteiger partial charge in [0.2, 0.25) is 5.91 Å². The summed E-state index contributed by atoms with van der Waals surface area (Å²) in [5, 5.41) is 12.9. The van der Waals surface area contributed by atoms with Crippen LogP contribution in [0.5, 0.6) is 0 Å². The maximum Gasteiger partial charge on any atom is 0.430 e. The van der Waals surface area contributed by atoms with Crippen LogP contribution in [0.2, 0.25) is 0 Å². The number of fused-ring (bicyclic) bond motifs is 2. The minimum atomic E-state index is -5.19. The number of aryl methyl sites for hydroxylation is 1. The van der Waals surface area contributed by atoms with Gasteiger partial charge in [-0.15, -0.1) is 0 Å². The summed E-state index contributed by atoms with van der Waals surface area (Å²) >= 11 is 1.45. The average Bonchev–Trinajstić information content (AvgIpc) is 3.32. The fraction of sp³-hybridized carbons (Fsp3) is 0.241. The number of anilines is 1. The first-order valence-electron chi connectivity index (χ1n) is 12.7. The minimum absolute atomic E-state index is 0.0960. The molecule has 0 fully saturated rings. The lowest BCUT2D eigenvalue weighted by Crippen LogP contribution is -2.51. The van der Waals surface area contributed by atoms with Crippen LogP contribution in [0, 0.1) is 6.92 Å². The lowest BCUT2D eigenvalue weighted by Gasteiger charge is -2.35. The Hall–Kier alpha value is -4.29. The van der Waals surface area contributed by atoms with Gasteiger partial charge in [0.05, 0.1) is 16.9 Å². The van der Waals surface area contributed by atoms with Gasteiger partial charge in [-0.05, 0) is 66.3 Å². The first kappa shape index (κ1) is 29.7. The van der Waals surface area contributed by atoms with Gasteiger partial charge in [-0.1, -0.05) is 36.4 Å². The number of carbonyl (C=O) groups is 3. The molecule has 1 atom stereocenters. The van der Waals surface area contributed by atoms with Gasteiger partial charge < -0.3 is 25.9 Å². The Labute approximate surface area is 237 Å². The number of carbonyl (C=O) groups excluding carboxylic acids is 3. The van der Waals surface area contributed by atoms with E-state index >= 15 is 0 Å². The molecule has 0 aliphatic carbocycles. The molecule has 0 bridgehead atoms. The van der Waals surface area contributed by atoms with Crippen molar-refractivity contribution in [3.63, 3.8) is 0 Å². The number of quaternary nitrogens is 1. The van der Waals surface area contributed by atoms with Crippen molar-refractivity contribution < 1.29 is 38.4 Å². The van der Waals surface area contributed by atoms with Crippen molar-refractivity contribution >= 4 is 45.1 Å². The first-order chi connectivity index (χ1) is 19.5. The molecule has 3 aromatic carbocycles. The highest BCUT2D eigenvalue weighted by Crippen LogP contribution is 2.27. The number of rotatable bonds is 6. The molecule has 8 nitrogen and oxygen atoms in total. The summed E-state index contributed by atoms with van der Waals surface area (Å²) in [5.41, 5.74) is 9.45. The molecule has 12 heteroatoms. The number of nitrogens with one attached hydrogen (secondary N) is 1. The molecule has 0 spiro atoms. The zero-order valence-electron chi connectivity index (χ0n) is 22.0. The Morgan fingerprint density at radius 3 is 2.46 bits per heavy atom. The molecule has 4 aromatic rings. The van der Waals surface area contributed by atoms with Gasteiger partial charge in [-0.3, -0.25) is 9.59 Å². The third-order valence-corrected chi connectivity index (χ3v) is 7.59. The number of nitrogens with zero attached hydrogens (tertiary/aromatic N) is 2. The number of carboxylic acid groups (broad SMARTS) is 1. The maximum absolute atomic E-state index is 13.6. The smallest absolute Gasteiger partial charge is 0.430 e. The van der Waals surface area contributed by atoms with Crippen LogP contribution in [0.25, 0.3) is 10.1 Å². The molecule has 2 heterocycles. The van der Waals surface area contributed by atoms with Gasteiger partial charge in [0, 0.05) is 35.2 Å². The van der Waals surface area contributed by atoms with Crippen molar-refractivity contribution in [3.05, 3.63) is 94.7 Å². The summed E-state index contributed by atoms with van der Waals surface area (Å²) in [6, 6.07) is 21.0. The molecule has 0 saturated carbocycles. The number of aromatic nitrogens is 1. The van der Waals surface area contributed by atoms with Crippen LogP contribution >= 0.6 is 11.5 Å². The van der Waals surface area contributed by atoms with Crippen molar-refractivity contribution in [2.45, 2.75) is 38.5 Å². The van der Waals surface area contributed by atoms with Crippen LogP contribution in [0.1, 0.15) is 32.7 Å². The number of alkyl halides is 3. The third kappa shape index (κ3) is 7.08. The molecular weight excluding hydrogens is 557 g/mol. The minimum Gasteiger partial charge on any atom is -0.542 e. The largest absolute Gasteiger partial charge is 0.542 e. The van der Waals surface area contributed by atoms with Gasteiger partial charge in [0.15, 0.2) is 0 Å². The van der Waals surface area contributed by atoms with Gasteiger partial charge in [-0.25, -0.2) is 0 Å². The van der Waals surface area contributed by atoms with Crippen LogP contribution in [-0.4, -0.2) is 45.8 Å². The standard InChI is InChI=1S/C27H26N4O2S.C2HF3O2/c1-17-23-15-21(8-10-25(23)34-30-17)29-26(32)24(14-18-5-3-2-4-6-18)31-12-11-20-13-19(16-28)7-9-22(20)27(31)33;3-2(4,5)1(6)7/h2-10,13,15,24H,11-12,14,16,28H2,1H3,(H,29,32);(H,6,7)/t24-;/m0./s1. The van der Waals surface area contributed by atoms with E-state index in [4.69, 9.17) is 9.90 Å². The second-order valence-electron chi connectivity index (χ2n) is 9.45. The normalized spacial score (nSPS) is 13.7. The van der Waals surface area contributed by atoms with Gasteiger partial charge in [0.25, 0.3) is 5.91 Å². The highest BCUT2D eigenvalue weighted by molar-refractivity contribution is 7.13. The van der Waals surface area contributed by atoms with E-state index in [2.05, 4.69) is 21.5 Å². The van der Waals surface area contributed by atoms with Crippen molar-refractivity contribution in [2.24, 2.45) is 0 Å². The van der Waals surface area contributed by atoms with E-state index in [1.54, 1.807) is 4.90 Å². The van der Waals surface area contributed by atoms with E-state index < -0.39 is 18.2 Å². The number of halogens is 3. The fourth-order valence-electron chi connectivity index (χ4n) is 4.56. The summed E-state index contributed by atoms with van der Waals surface area (Å²) in [5.74, 6) is -3.29. The van der Waals surface area contributed by atoms with Gasteiger partial charge in [0.1, 0.15) is 12.0 Å². The van der Waals surface area contributed by atoms with Crippen LogP contribution in [0.3, 0.4) is 0 Å². The molecule has 0 saturated heterocycles. The Bertz CT molecular complexity index is 1570. The van der Waals surface area contributed by atoms with E-state index in [0.717, 1.165) is 38.9 Å². The summed E-state index contributed by atoms with van der Waals surface area (Å²) in [4.78, 5) is 37.6. The molecule has 0 unspecified atom stereocenters. The average molecular weight is 585 g/mol. The van der Waals surface area contributed by atoms with Gasteiger partial charge in [-0.2, -0.15) is 17.5 Å². The van der Waals surface area contributed by atoms with E-state index in [1.165, 1.54) is 11.5 Å². The Morgan fingerprint density at radius 1 is 1.10 bits per heavy atom. The molecule has 5 rings (SSSR count). The maximum atomic E-state index is 13.6. The molecule has 1 aliphatic heterocycles. The zero-order chi connectivity index (χ0) is 29.7. The molecule has 0 radical (unpaired) electrons. The molecule has 1 aromatic heterocycles. The molecule has 41 heavy (non-hydrogen) atoms. The van der Waals surface area contributed by atoms with Crippen molar-refractivity contribution in [1.82, 2.24) is 9.27 Å². The van der Waals surface area contributed by atoms with Crippen LogP contribution in [0.15, 0.2) is 66.7 Å². The Balaban J connectivity index is 0.000000493. The third-order valence-electron chi connectivity index (χ3n) is 6.67.